The second-order valence-corrected chi connectivity index (χ2v) is 17.1. The molecule has 55 heavy (non-hydrogen) atoms. The van der Waals surface area contributed by atoms with Gasteiger partial charge in [0.05, 0.1) is 29.1 Å². The van der Waals surface area contributed by atoms with Crippen molar-refractivity contribution in [3.63, 3.8) is 0 Å². The number of amides is 4. The number of pyridine rings is 1. The van der Waals surface area contributed by atoms with E-state index >= 15 is 0 Å². The molecule has 2 aliphatic heterocycles. The summed E-state index contributed by atoms with van der Waals surface area (Å²) in [6.45, 7) is 4.14. The number of unbranched alkanes of at least 4 members (excludes halogenated alkanes) is 10. The normalized spacial score (nSPS) is 17.7. The lowest BCUT2D eigenvalue weighted by molar-refractivity contribution is -0.131. The quantitative estimate of drug-likeness (QED) is 0.0890. The molecule has 3 atom stereocenters. The molecule has 0 radical (unpaired) electrons. The Balaban J connectivity index is 1.17. The van der Waals surface area contributed by atoms with Gasteiger partial charge in [0.2, 0.25) is 17.7 Å². The fourth-order valence-corrected chi connectivity index (χ4v) is 9.27. The average Bonchev–Trinajstić information content (AvgIpc) is 3.42. The highest BCUT2D eigenvalue weighted by Gasteiger charge is 2.53. The van der Waals surface area contributed by atoms with Crippen molar-refractivity contribution in [2.75, 3.05) is 5.75 Å². The first-order chi connectivity index (χ1) is 26.4. The Kier molecular flexibility index (Phi) is 15.1. The number of aromatic nitrogens is 2. The van der Waals surface area contributed by atoms with Crippen LogP contribution in [0.4, 0.5) is 0 Å². The molecule has 0 saturated heterocycles. The molecule has 0 bridgehead atoms. The minimum Gasteiger partial charge on any atom is -0.476 e. The van der Waals surface area contributed by atoms with Crippen LogP contribution in [0, 0.1) is 0 Å². The summed E-state index contributed by atoms with van der Waals surface area (Å²) in [6, 6.07) is -0.357. The molecule has 1 aliphatic carbocycles. The zero-order valence-corrected chi connectivity index (χ0v) is 33.6. The Bertz CT molecular complexity index is 1820. The van der Waals surface area contributed by atoms with Crippen LogP contribution in [0.25, 0.3) is 0 Å². The number of aliphatic imine (C=N–C) groups is 1. The van der Waals surface area contributed by atoms with E-state index in [0.717, 1.165) is 32.1 Å². The number of carbonyl (C=O) groups excluding carboxylic acids is 4. The van der Waals surface area contributed by atoms with Crippen LogP contribution in [0.2, 0.25) is 0 Å². The van der Waals surface area contributed by atoms with Gasteiger partial charge in [-0.2, -0.15) is 0 Å². The van der Waals surface area contributed by atoms with E-state index in [1.54, 1.807) is 17.6 Å². The van der Waals surface area contributed by atoms with Crippen molar-refractivity contribution < 1.29 is 29.1 Å². The number of nitrogens with zero attached hydrogens (tertiary/aromatic N) is 3. The summed E-state index contributed by atoms with van der Waals surface area (Å²) in [5.41, 5.74) is 6.38. The van der Waals surface area contributed by atoms with Crippen molar-refractivity contribution in [3.05, 3.63) is 49.3 Å². The summed E-state index contributed by atoms with van der Waals surface area (Å²) in [5, 5.41) is 20.7. The predicted octanol–water partition coefficient (Wildman–Crippen LogP) is 5.12. The van der Waals surface area contributed by atoms with Gasteiger partial charge in [-0.15, -0.1) is 23.1 Å². The van der Waals surface area contributed by atoms with Crippen LogP contribution in [0.3, 0.4) is 0 Å². The smallest absolute Gasteiger partial charge is 0.355 e. The van der Waals surface area contributed by atoms with E-state index in [1.165, 1.54) is 73.4 Å². The number of carboxylic acid groups (broad SMARTS) is 1. The van der Waals surface area contributed by atoms with Crippen LogP contribution in [0.5, 0.6) is 0 Å². The lowest BCUT2D eigenvalue weighted by Crippen LogP contribution is -2.50. The molecule has 6 N–H and O–H groups in total. The molecule has 4 heterocycles. The standard InChI is InChI=1S/C39H55N7O7S2/c1-3-4-5-6-7-8-9-10-11-12-13-14-31(48)42-26(20-30(40)47)35(50)41-24(2)15-16-29-34-25(39(17-18-39)45-36(34)51)19-33(49)46(29)21-32-43-27(22-54-32)37-44-28(23-55-37)38(52)53/h19,23-24,26-27H,3-18,20-22H2,1-2H3,(H2,40,47)(H,41,50)(H,42,48)(H,45,51)(H,52,53)/t24-,26+,27?/m0/s1. The van der Waals surface area contributed by atoms with E-state index in [1.807, 2.05) is 0 Å². The summed E-state index contributed by atoms with van der Waals surface area (Å²) in [6.07, 6.45) is 14.8. The SMILES string of the molecule is CCCCCCCCCCCCCC(=O)N[C@H](CC(N)=O)C(=O)N[C@@H](C)CCc1c2c(cc(=O)n1CC1=NC(c3nc(C(=O)O)cs3)CS1)C1(CC1)NC2=O. The van der Waals surface area contributed by atoms with Crippen molar-refractivity contribution in [2.45, 2.75) is 153 Å². The van der Waals surface area contributed by atoms with Gasteiger partial charge in [-0.05, 0) is 44.6 Å². The summed E-state index contributed by atoms with van der Waals surface area (Å²) in [7, 11) is 0. The second kappa shape index (κ2) is 19.7. The molecular formula is C39H55N7O7S2. The second-order valence-electron chi connectivity index (χ2n) is 15.1. The summed E-state index contributed by atoms with van der Waals surface area (Å²) < 4.78 is 1.57. The number of thioether (sulfide) groups is 1. The highest BCUT2D eigenvalue weighted by Crippen LogP contribution is 2.50. The molecule has 3 aliphatic rings. The molecule has 1 unspecified atom stereocenters. The molecule has 16 heteroatoms. The third-order valence-corrected chi connectivity index (χ3v) is 12.6. The molecule has 5 rings (SSSR count). The fourth-order valence-electron chi connectivity index (χ4n) is 7.33. The van der Waals surface area contributed by atoms with E-state index in [4.69, 9.17) is 10.7 Å². The Labute approximate surface area is 330 Å². The number of nitrogens with two attached hydrogens (primary N) is 1. The highest BCUT2D eigenvalue weighted by atomic mass is 32.2. The maximum atomic E-state index is 13.7. The van der Waals surface area contributed by atoms with Crippen molar-refractivity contribution in [1.29, 1.82) is 0 Å². The topological polar surface area (TPSA) is 215 Å². The van der Waals surface area contributed by atoms with Crippen LogP contribution >= 0.6 is 23.1 Å². The van der Waals surface area contributed by atoms with Crippen molar-refractivity contribution in [3.8, 4) is 0 Å². The van der Waals surface area contributed by atoms with Gasteiger partial charge in [0, 0.05) is 35.4 Å². The highest BCUT2D eigenvalue weighted by molar-refractivity contribution is 8.14. The molecule has 1 saturated carbocycles. The Hall–Kier alpha value is -4.05. The van der Waals surface area contributed by atoms with Crippen LogP contribution in [0.1, 0.15) is 160 Å². The predicted molar refractivity (Wildman–Crippen MR) is 214 cm³/mol. The first-order valence-corrected chi connectivity index (χ1v) is 21.6. The monoisotopic (exact) mass is 797 g/mol. The lowest BCUT2D eigenvalue weighted by Gasteiger charge is -2.22. The van der Waals surface area contributed by atoms with Crippen molar-refractivity contribution in [2.24, 2.45) is 10.7 Å². The van der Waals surface area contributed by atoms with Crippen LogP contribution < -0.4 is 27.2 Å². The lowest BCUT2D eigenvalue weighted by atomic mass is 9.98. The number of nitrogens with one attached hydrogen (secondary N) is 3. The van der Waals surface area contributed by atoms with E-state index in [0.29, 0.717) is 45.5 Å². The van der Waals surface area contributed by atoms with Gasteiger partial charge in [-0.25, -0.2) is 9.78 Å². The Morgan fingerprint density at radius 3 is 2.33 bits per heavy atom. The number of carboxylic acids is 1. The zero-order chi connectivity index (χ0) is 39.5. The maximum absolute atomic E-state index is 13.7. The molecule has 1 spiro atoms. The van der Waals surface area contributed by atoms with Gasteiger partial charge in [0.15, 0.2) is 5.69 Å². The van der Waals surface area contributed by atoms with E-state index < -0.39 is 35.4 Å². The van der Waals surface area contributed by atoms with Crippen LogP contribution in [-0.2, 0) is 32.9 Å². The van der Waals surface area contributed by atoms with Crippen molar-refractivity contribution >= 4 is 57.7 Å². The number of rotatable bonds is 24. The molecule has 1 fully saturated rings. The van der Waals surface area contributed by atoms with Crippen molar-refractivity contribution in [1.82, 2.24) is 25.5 Å². The zero-order valence-electron chi connectivity index (χ0n) is 32.0. The minimum absolute atomic E-state index is 0.0325. The van der Waals surface area contributed by atoms with Gasteiger partial charge in [0.25, 0.3) is 11.5 Å². The van der Waals surface area contributed by atoms with Gasteiger partial charge in [0.1, 0.15) is 17.1 Å². The Morgan fingerprint density at radius 2 is 1.71 bits per heavy atom. The number of fused-ring (bicyclic) bond motifs is 2. The fraction of sp³-hybridized carbons (Fsp3) is 0.641. The number of primary amides is 1. The van der Waals surface area contributed by atoms with Gasteiger partial charge < -0.3 is 31.4 Å². The third kappa shape index (κ3) is 11.5. The molecule has 300 valence electrons. The molecule has 2 aromatic heterocycles. The summed E-state index contributed by atoms with van der Waals surface area (Å²) in [5.74, 6) is -2.34. The summed E-state index contributed by atoms with van der Waals surface area (Å²) >= 11 is 2.69. The molecule has 14 nitrogen and oxygen atoms in total. The maximum Gasteiger partial charge on any atom is 0.355 e. The molecule has 0 aromatic carbocycles. The molecule has 2 aromatic rings. The summed E-state index contributed by atoms with van der Waals surface area (Å²) in [4.78, 5) is 85.4. The van der Waals surface area contributed by atoms with E-state index in [9.17, 15) is 33.9 Å². The van der Waals surface area contributed by atoms with Gasteiger partial charge in [-0.3, -0.25) is 29.0 Å². The Morgan fingerprint density at radius 1 is 1.04 bits per heavy atom. The molecular weight excluding hydrogens is 743 g/mol. The largest absolute Gasteiger partial charge is 0.476 e. The van der Waals surface area contributed by atoms with E-state index in [2.05, 4.69) is 27.9 Å². The first kappa shape index (κ1) is 42.1. The third-order valence-electron chi connectivity index (χ3n) is 10.6. The number of aromatic carboxylic acids is 1. The van der Waals surface area contributed by atoms with Crippen LogP contribution in [-0.4, -0.2) is 67.1 Å². The van der Waals surface area contributed by atoms with Crippen LogP contribution in [0.15, 0.2) is 21.2 Å². The first-order valence-electron chi connectivity index (χ1n) is 19.8. The molecule has 4 amide bonds. The average molecular weight is 798 g/mol. The number of carbonyl (C=O) groups is 5. The van der Waals surface area contributed by atoms with E-state index in [-0.39, 0.29) is 54.9 Å². The number of hydrogen-bond donors (Lipinski definition) is 5. The number of hydrogen-bond acceptors (Lipinski definition) is 10. The number of thiazole rings is 1. The minimum atomic E-state index is -1.12. The van der Waals surface area contributed by atoms with Gasteiger partial charge >= 0.3 is 5.97 Å². The van der Waals surface area contributed by atoms with Gasteiger partial charge in [-0.1, -0.05) is 71.1 Å².